The quantitative estimate of drug-likeness (QED) is 0.279. The lowest BCUT2D eigenvalue weighted by molar-refractivity contribution is 0.386. The molecule has 0 unspecified atom stereocenters. The molecule has 0 amide bonds. The molecular weight excluding hydrogens is 412 g/mol. The summed E-state index contributed by atoms with van der Waals surface area (Å²) in [5.41, 5.74) is 5.35. The van der Waals surface area contributed by atoms with E-state index in [0.29, 0.717) is 6.54 Å². The highest BCUT2D eigenvalue weighted by atomic mass is 16.5. The Morgan fingerprint density at radius 2 is 1.55 bits per heavy atom. The molecule has 2 aromatic heterocycles. The minimum absolute atomic E-state index is 0.546. The van der Waals surface area contributed by atoms with Crippen LogP contribution in [0.15, 0.2) is 79.0 Å². The highest BCUT2D eigenvalue weighted by molar-refractivity contribution is 5.92. The molecule has 166 valence electrons. The van der Waals surface area contributed by atoms with Gasteiger partial charge in [-0.2, -0.15) is 0 Å². The van der Waals surface area contributed by atoms with Gasteiger partial charge in [0.25, 0.3) is 0 Å². The third-order valence-corrected chi connectivity index (χ3v) is 5.86. The van der Waals surface area contributed by atoms with Crippen LogP contribution in [0, 0.1) is 0 Å². The third kappa shape index (κ3) is 4.15. The first-order valence-electron chi connectivity index (χ1n) is 10.9. The average molecular weight is 439 g/mol. The summed E-state index contributed by atoms with van der Waals surface area (Å²) in [5.74, 6) is 2.36. The predicted octanol–water partition coefficient (Wildman–Crippen LogP) is 5.96. The lowest BCUT2D eigenvalue weighted by atomic mass is 10.1. The van der Waals surface area contributed by atoms with Crippen LogP contribution >= 0.6 is 0 Å². The number of anilines is 2. The van der Waals surface area contributed by atoms with Gasteiger partial charge in [-0.05, 0) is 54.1 Å². The molecule has 0 atom stereocenters. The Hall–Kier alpha value is -4.19. The average Bonchev–Trinajstić information content (AvgIpc) is 3.35. The molecule has 0 fully saturated rings. The maximum Gasteiger partial charge on any atom is 0.127 e. The lowest BCUT2D eigenvalue weighted by Crippen LogP contribution is -2.05. The van der Waals surface area contributed by atoms with E-state index in [0.717, 1.165) is 51.5 Å². The molecule has 0 radical (unpaired) electrons. The number of benzene rings is 3. The molecule has 0 saturated carbocycles. The van der Waals surface area contributed by atoms with E-state index in [4.69, 9.17) is 14.5 Å². The van der Waals surface area contributed by atoms with E-state index < -0.39 is 0 Å². The van der Waals surface area contributed by atoms with Gasteiger partial charge in [0.05, 0.1) is 25.3 Å². The van der Waals surface area contributed by atoms with E-state index in [-0.39, 0.29) is 0 Å². The van der Waals surface area contributed by atoms with Gasteiger partial charge < -0.3 is 25.1 Å². The summed E-state index contributed by atoms with van der Waals surface area (Å²) in [6.07, 6.45) is 1.98. The van der Waals surface area contributed by atoms with Crippen molar-refractivity contribution < 1.29 is 9.47 Å². The van der Waals surface area contributed by atoms with Crippen LogP contribution in [0.3, 0.4) is 0 Å². The van der Waals surface area contributed by atoms with Crippen molar-refractivity contribution in [3.05, 3.63) is 90.1 Å². The fraction of sp³-hybridized carbons (Fsp3) is 0.148. The van der Waals surface area contributed by atoms with E-state index >= 15 is 0 Å². The van der Waals surface area contributed by atoms with E-state index in [1.54, 1.807) is 14.2 Å². The van der Waals surface area contributed by atoms with E-state index in [1.807, 2.05) is 42.6 Å². The molecule has 5 aromatic rings. The first kappa shape index (κ1) is 20.7. The number of methoxy groups -OCH3 is 2. The third-order valence-electron chi connectivity index (χ3n) is 5.86. The number of nitrogens with one attached hydrogen (secondary N) is 3. The number of fused-ring (bicyclic) bond motifs is 2. The molecule has 5 rings (SSSR count). The van der Waals surface area contributed by atoms with Crippen molar-refractivity contribution in [2.24, 2.45) is 0 Å². The molecule has 0 bridgehead atoms. The maximum absolute atomic E-state index is 5.50. The molecule has 33 heavy (non-hydrogen) atoms. The van der Waals surface area contributed by atoms with Crippen LogP contribution in [-0.4, -0.2) is 24.2 Å². The Bertz CT molecular complexity index is 1390. The van der Waals surface area contributed by atoms with Gasteiger partial charge >= 0.3 is 0 Å². The number of ether oxygens (including phenoxy) is 2. The fourth-order valence-corrected chi connectivity index (χ4v) is 4.18. The van der Waals surface area contributed by atoms with E-state index in [2.05, 4.69) is 52.0 Å². The summed E-state index contributed by atoms with van der Waals surface area (Å²) in [4.78, 5) is 8.09. The molecule has 6 nitrogen and oxygen atoms in total. The molecule has 3 N–H and O–H groups in total. The van der Waals surface area contributed by atoms with Crippen molar-refractivity contribution in [2.75, 3.05) is 24.9 Å². The van der Waals surface area contributed by atoms with Gasteiger partial charge in [0.15, 0.2) is 0 Å². The van der Waals surface area contributed by atoms with Gasteiger partial charge in [-0.3, -0.25) is 0 Å². The molecule has 0 aliphatic rings. The minimum Gasteiger partial charge on any atom is -0.496 e. The zero-order chi connectivity index (χ0) is 22.6. The maximum atomic E-state index is 5.50. The van der Waals surface area contributed by atoms with Gasteiger partial charge in [-0.25, -0.2) is 4.98 Å². The Morgan fingerprint density at radius 1 is 0.758 bits per heavy atom. The topological polar surface area (TPSA) is 71.2 Å². The van der Waals surface area contributed by atoms with Crippen LogP contribution < -0.4 is 20.1 Å². The van der Waals surface area contributed by atoms with Crippen molar-refractivity contribution >= 4 is 33.3 Å². The number of rotatable bonds is 8. The van der Waals surface area contributed by atoms with E-state index in [1.165, 1.54) is 10.9 Å². The minimum atomic E-state index is 0.546. The number of pyridine rings is 1. The molecular formula is C27H26N4O2. The zero-order valence-electron chi connectivity index (χ0n) is 18.7. The summed E-state index contributed by atoms with van der Waals surface area (Å²) >= 11 is 0. The predicted molar refractivity (Wildman–Crippen MR) is 134 cm³/mol. The summed E-state index contributed by atoms with van der Waals surface area (Å²) in [6, 6.07) is 24.5. The van der Waals surface area contributed by atoms with Crippen molar-refractivity contribution in [1.29, 1.82) is 0 Å². The normalized spacial score (nSPS) is 11.0. The van der Waals surface area contributed by atoms with Crippen LogP contribution in [0.4, 0.5) is 11.5 Å². The molecule has 3 aromatic carbocycles. The number of aromatic nitrogens is 2. The smallest absolute Gasteiger partial charge is 0.127 e. The van der Waals surface area contributed by atoms with Crippen LogP contribution in [0.5, 0.6) is 11.5 Å². The number of hydrogen-bond donors (Lipinski definition) is 3. The van der Waals surface area contributed by atoms with Gasteiger partial charge in [-0.15, -0.1) is 0 Å². The van der Waals surface area contributed by atoms with E-state index in [9.17, 15) is 0 Å². The monoisotopic (exact) mass is 438 g/mol. The fourth-order valence-electron chi connectivity index (χ4n) is 4.18. The van der Waals surface area contributed by atoms with Crippen molar-refractivity contribution in [3.8, 4) is 11.5 Å². The summed E-state index contributed by atoms with van der Waals surface area (Å²) in [5, 5.41) is 9.31. The van der Waals surface area contributed by atoms with Gasteiger partial charge in [0, 0.05) is 41.3 Å². The second-order valence-electron chi connectivity index (χ2n) is 7.77. The largest absolute Gasteiger partial charge is 0.496 e. The van der Waals surface area contributed by atoms with Crippen LogP contribution in [0.25, 0.3) is 21.8 Å². The van der Waals surface area contributed by atoms with Crippen molar-refractivity contribution in [2.45, 2.75) is 13.1 Å². The van der Waals surface area contributed by atoms with Crippen LogP contribution in [0.1, 0.15) is 11.1 Å². The van der Waals surface area contributed by atoms with Gasteiger partial charge in [0.1, 0.15) is 17.3 Å². The standard InChI is InChI=1S/C27H26N4O2/c1-32-25-10-5-11-26(33-2)21(25)17-30-27-13-12-20-23(8-4-9-24(20)31-27)29-16-18-6-3-7-22-19(18)14-15-28-22/h3-15,28-29H,16-17H2,1-2H3,(H,30,31). The van der Waals surface area contributed by atoms with Crippen LogP contribution in [0.2, 0.25) is 0 Å². The Labute approximate surface area is 192 Å². The molecule has 6 heteroatoms. The van der Waals surface area contributed by atoms with Gasteiger partial charge in [0.2, 0.25) is 0 Å². The van der Waals surface area contributed by atoms with Crippen molar-refractivity contribution in [1.82, 2.24) is 9.97 Å². The highest BCUT2D eigenvalue weighted by Gasteiger charge is 2.11. The number of aromatic amines is 1. The van der Waals surface area contributed by atoms with Crippen LogP contribution in [-0.2, 0) is 13.1 Å². The summed E-state index contributed by atoms with van der Waals surface area (Å²) < 4.78 is 11.0. The molecule has 2 heterocycles. The molecule has 0 saturated heterocycles. The Kier molecular flexibility index (Phi) is 5.72. The lowest BCUT2D eigenvalue weighted by Gasteiger charge is -2.15. The van der Waals surface area contributed by atoms with Crippen molar-refractivity contribution in [3.63, 3.8) is 0 Å². The first-order valence-corrected chi connectivity index (χ1v) is 10.9. The number of H-pyrrole nitrogens is 1. The first-order chi connectivity index (χ1) is 16.3. The molecule has 0 aliphatic heterocycles. The Morgan fingerprint density at radius 3 is 2.36 bits per heavy atom. The number of nitrogens with zero attached hydrogens (tertiary/aromatic N) is 1. The molecule has 0 aliphatic carbocycles. The highest BCUT2D eigenvalue weighted by Crippen LogP contribution is 2.30. The SMILES string of the molecule is COc1cccc(OC)c1CNc1ccc2c(NCc3cccc4[nH]ccc34)cccc2n1. The zero-order valence-corrected chi connectivity index (χ0v) is 18.7. The summed E-state index contributed by atoms with van der Waals surface area (Å²) in [6.45, 7) is 1.28. The number of hydrogen-bond acceptors (Lipinski definition) is 5. The second kappa shape index (κ2) is 9.12. The van der Waals surface area contributed by atoms with Gasteiger partial charge in [-0.1, -0.05) is 24.3 Å². The second-order valence-corrected chi connectivity index (χ2v) is 7.77. The molecule has 0 spiro atoms. The summed E-state index contributed by atoms with van der Waals surface area (Å²) in [7, 11) is 3.33. The Balaban J connectivity index is 1.35.